The molecule has 1 aliphatic heterocycles. The van der Waals surface area contributed by atoms with E-state index in [0.717, 1.165) is 11.3 Å². The molecule has 1 unspecified atom stereocenters. The van der Waals surface area contributed by atoms with Crippen molar-refractivity contribution in [1.82, 2.24) is 0 Å². The van der Waals surface area contributed by atoms with Crippen molar-refractivity contribution >= 4 is 29.1 Å². The Hall–Kier alpha value is -2.33. The summed E-state index contributed by atoms with van der Waals surface area (Å²) < 4.78 is 5.32. The molecule has 1 atom stereocenters. The van der Waals surface area contributed by atoms with Gasteiger partial charge in [-0.15, -0.1) is 0 Å². The molecule has 1 saturated heterocycles. The highest BCUT2D eigenvalue weighted by molar-refractivity contribution is 6.30. The van der Waals surface area contributed by atoms with Crippen LogP contribution in [-0.2, 0) is 16.0 Å². The van der Waals surface area contributed by atoms with Crippen LogP contribution in [0.4, 0.5) is 5.69 Å². The first-order valence-corrected chi connectivity index (χ1v) is 7.72. The van der Waals surface area contributed by atoms with Crippen LogP contribution >= 0.6 is 11.6 Å². The Morgan fingerprint density at radius 3 is 2.52 bits per heavy atom. The standard InChI is InChI=1S/C18H16ClNO3/c1-23-16-5-3-2-4-12(16)10-13-11-17(21)20(18(13)22)15-8-6-14(19)7-9-15/h2-9,13H,10-11H2,1H3. The van der Waals surface area contributed by atoms with Crippen LogP contribution in [0.3, 0.4) is 0 Å². The van der Waals surface area contributed by atoms with Crippen molar-refractivity contribution in [2.24, 2.45) is 5.92 Å². The van der Waals surface area contributed by atoms with Gasteiger partial charge in [0, 0.05) is 11.4 Å². The summed E-state index contributed by atoms with van der Waals surface area (Å²) in [6.07, 6.45) is 0.693. The Kier molecular flexibility index (Phi) is 4.35. The minimum atomic E-state index is -0.366. The normalized spacial score (nSPS) is 17.7. The molecule has 0 aromatic heterocycles. The van der Waals surface area contributed by atoms with E-state index >= 15 is 0 Å². The van der Waals surface area contributed by atoms with Crippen LogP contribution in [0.5, 0.6) is 5.75 Å². The van der Waals surface area contributed by atoms with Crippen molar-refractivity contribution in [2.45, 2.75) is 12.8 Å². The molecule has 5 heteroatoms. The minimum absolute atomic E-state index is 0.178. The van der Waals surface area contributed by atoms with Crippen molar-refractivity contribution in [3.8, 4) is 5.75 Å². The number of hydrogen-bond donors (Lipinski definition) is 0. The van der Waals surface area contributed by atoms with Gasteiger partial charge in [0.2, 0.25) is 11.8 Å². The summed E-state index contributed by atoms with van der Waals surface area (Å²) in [5, 5.41) is 0.568. The van der Waals surface area contributed by atoms with Crippen LogP contribution in [0.1, 0.15) is 12.0 Å². The lowest BCUT2D eigenvalue weighted by atomic mass is 9.97. The van der Waals surface area contributed by atoms with Crippen molar-refractivity contribution in [3.05, 3.63) is 59.1 Å². The van der Waals surface area contributed by atoms with Gasteiger partial charge in [0.05, 0.1) is 18.7 Å². The summed E-state index contributed by atoms with van der Waals surface area (Å²) in [7, 11) is 1.60. The first-order valence-electron chi connectivity index (χ1n) is 7.34. The third-order valence-corrected chi connectivity index (χ3v) is 4.24. The van der Waals surface area contributed by atoms with Gasteiger partial charge in [-0.1, -0.05) is 29.8 Å². The van der Waals surface area contributed by atoms with Gasteiger partial charge in [-0.05, 0) is 42.3 Å². The van der Waals surface area contributed by atoms with Gasteiger partial charge in [-0.25, -0.2) is 0 Å². The average Bonchev–Trinajstić information content (AvgIpc) is 2.83. The van der Waals surface area contributed by atoms with Gasteiger partial charge in [0.15, 0.2) is 0 Å². The second kappa shape index (κ2) is 6.42. The van der Waals surface area contributed by atoms with E-state index in [9.17, 15) is 9.59 Å². The van der Waals surface area contributed by atoms with Gasteiger partial charge in [-0.3, -0.25) is 14.5 Å². The Morgan fingerprint density at radius 2 is 1.83 bits per heavy atom. The van der Waals surface area contributed by atoms with E-state index in [4.69, 9.17) is 16.3 Å². The fraction of sp³-hybridized carbons (Fsp3) is 0.222. The predicted molar refractivity (Wildman–Crippen MR) is 88.8 cm³/mol. The van der Waals surface area contributed by atoms with Crippen molar-refractivity contribution < 1.29 is 14.3 Å². The molecule has 0 radical (unpaired) electrons. The van der Waals surface area contributed by atoms with E-state index in [2.05, 4.69) is 0 Å². The zero-order chi connectivity index (χ0) is 16.4. The SMILES string of the molecule is COc1ccccc1CC1CC(=O)N(c2ccc(Cl)cc2)C1=O. The summed E-state index contributed by atoms with van der Waals surface area (Å²) >= 11 is 5.86. The van der Waals surface area contributed by atoms with Crippen LogP contribution in [-0.4, -0.2) is 18.9 Å². The van der Waals surface area contributed by atoms with Crippen LogP contribution in [0.25, 0.3) is 0 Å². The number of halogens is 1. The van der Waals surface area contributed by atoms with Crippen LogP contribution in [0, 0.1) is 5.92 Å². The highest BCUT2D eigenvalue weighted by atomic mass is 35.5. The van der Waals surface area contributed by atoms with Gasteiger partial charge < -0.3 is 4.74 Å². The fourth-order valence-corrected chi connectivity index (χ4v) is 2.98. The molecule has 0 spiro atoms. The smallest absolute Gasteiger partial charge is 0.237 e. The molecule has 2 amide bonds. The number of imide groups is 1. The Morgan fingerprint density at radius 1 is 1.13 bits per heavy atom. The number of anilines is 1. The number of para-hydroxylation sites is 1. The zero-order valence-corrected chi connectivity index (χ0v) is 13.4. The summed E-state index contributed by atoms with van der Waals surface area (Å²) in [5.74, 6) is 0.00705. The number of hydrogen-bond acceptors (Lipinski definition) is 3. The lowest BCUT2D eigenvalue weighted by Gasteiger charge is -2.15. The maximum atomic E-state index is 12.6. The van der Waals surface area contributed by atoms with Crippen molar-refractivity contribution in [1.29, 1.82) is 0 Å². The summed E-state index contributed by atoms with van der Waals surface area (Å²) in [5.41, 5.74) is 1.49. The number of methoxy groups -OCH3 is 1. The van der Waals surface area contributed by atoms with E-state index in [-0.39, 0.29) is 24.2 Å². The Labute approximate surface area is 139 Å². The molecule has 23 heavy (non-hydrogen) atoms. The van der Waals surface area contributed by atoms with Gasteiger partial charge in [0.1, 0.15) is 5.75 Å². The molecule has 0 aliphatic carbocycles. The molecule has 4 nitrogen and oxygen atoms in total. The number of ether oxygens (including phenoxy) is 1. The molecule has 1 heterocycles. The zero-order valence-electron chi connectivity index (χ0n) is 12.7. The number of carbonyl (C=O) groups is 2. The van der Waals surface area contributed by atoms with Gasteiger partial charge >= 0.3 is 0 Å². The molecule has 118 valence electrons. The topological polar surface area (TPSA) is 46.6 Å². The maximum Gasteiger partial charge on any atom is 0.237 e. The number of rotatable bonds is 4. The Balaban J connectivity index is 1.82. The third kappa shape index (κ3) is 3.08. The van der Waals surface area contributed by atoms with E-state index in [1.165, 1.54) is 4.90 Å². The van der Waals surface area contributed by atoms with Crippen LogP contribution in [0.15, 0.2) is 48.5 Å². The van der Waals surface area contributed by atoms with Gasteiger partial charge in [-0.2, -0.15) is 0 Å². The number of amides is 2. The molecule has 1 fully saturated rings. The molecule has 1 aliphatic rings. The predicted octanol–water partition coefficient (Wildman–Crippen LogP) is 3.47. The molecular weight excluding hydrogens is 314 g/mol. The lowest BCUT2D eigenvalue weighted by molar-refractivity contribution is -0.122. The largest absolute Gasteiger partial charge is 0.496 e. The van der Waals surface area contributed by atoms with Crippen molar-refractivity contribution in [2.75, 3.05) is 12.0 Å². The molecule has 0 N–H and O–H groups in total. The number of benzene rings is 2. The van der Waals surface area contributed by atoms with E-state index in [1.807, 2.05) is 24.3 Å². The second-order valence-electron chi connectivity index (χ2n) is 5.46. The van der Waals surface area contributed by atoms with Crippen LogP contribution < -0.4 is 9.64 Å². The van der Waals surface area contributed by atoms with E-state index < -0.39 is 0 Å². The average molecular weight is 330 g/mol. The first-order chi connectivity index (χ1) is 11.1. The summed E-state index contributed by atoms with van der Waals surface area (Å²) in [4.78, 5) is 26.1. The third-order valence-electron chi connectivity index (χ3n) is 3.98. The summed E-state index contributed by atoms with van der Waals surface area (Å²) in [6, 6.07) is 14.3. The summed E-state index contributed by atoms with van der Waals surface area (Å²) in [6.45, 7) is 0. The minimum Gasteiger partial charge on any atom is -0.496 e. The lowest BCUT2D eigenvalue weighted by Crippen LogP contribution is -2.30. The highest BCUT2D eigenvalue weighted by Gasteiger charge is 2.39. The molecular formula is C18H16ClNO3. The molecule has 3 rings (SSSR count). The Bertz CT molecular complexity index is 742. The highest BCUT2D eigenvalue weighted by Crippen LogP contribution is 2.31. The fourth-order valence-electron chi connectivity index (χ4n) is 2.85. The molecule has 0 bridgehead atoms. The van der Waals surface area contributed by atoms with Gasteiger partial charge in [0.25, 0.3) is 0 Å². The second-order valence-corrected chi connectivity index (χ2v) is 5.90. The quantitative estimate of drug-likeness (QED) is 0.807. The van der Waals surface area contributed by atoms with E-state index in [1.54, 1.807) is 31.4 Å². The molecule has 0 saturated carbocycles. The maximum absolute atomic E-state index is 12.6. The monoisotopic (exact) mass is 329 g/mol. The number of nitrogens with zero attached hydrogens (tertiary/aromatic N) is 1. The van der Waals surface area contributed by atoms with Crippen molar-refractivity contribution in [3.63, 3.8) is 0 Å². The first kappa shape index (κ1) is 15.6. The van der Waals surface area contributed by atoms with E-state index in [0.29, 0.717) is 17.1 Å². The van der Waals surface area contributed by atoms with Crippen LogP contribution in [0.2, 0.25) is 5.02 Å². The number of carbonyl (C=O) groups excluding carboxylic acids is 2. The molecule has 2 aromatic rings. The molecule has 2 aromatic carbocycles.